The first-order chi connectivity index (χ1) is 25.6. The molecule has 1 aliphatic rings. The number of nitrogens with zero attached hydrogens (tertiary/aromatic N) is 2. The van der Waals surface area contributed by atoms with Crippen molar-refractivity contribution in [2.45, 2.75) is 51.4 Å². The second-order valence-electron chi connectivity index (χ2n) is 13.0. The number of hydrogen-bond donors (Lipinski definition) is 0. The highest BCUT2D eigenvalue weighted by atomic mass is 32.2. The van der Waals surface area contributed by atoms with E-state index < -0.39 is 6.15 Å². The molecule has 6 aromatic rings. The van der Waals surface area contributed by atoms with Crippen LogP contribution >= 0.6 is 23.1 Å². The van der Waals surface area contributed by atoms with E-state index >= 15 is 0 Å². The third kappa shape index (κ3) is 7.86. The van der Waals surface area contributed by atoms with E-state index in [0.717, 1.165) is 24.6 Å². The second-order valence-corrected chi connectivity index (χ2v) is 15.1. The van der Waals surface area contributed by atoms with Crippen molar-refractivity contribution >= 4 is 67.6 Å². The molecule has 0 spiro atoms. The first-order valence-corrected chi connectivity index (χ1v) is 20.0. The number of thiazole rings is 1. The van der Waals surface area contributed by atoms with E-state index in [9.17, 15) is 0 Å². The molecular weight excluding hydrogens is 675 g/mol. The molecule has 2 heterocycles. The number of aryl methyl sites for hydroxylation is 1. The molecule has 0 N–H and O–H groups in total. The monoisotopic (exact) mass is 724 g/mol. The lowest BCUT2D eigenvalue weighted by Gasteiger charge is -2.43. The van der Waals surface area contributed by atoms with Crippen molar-refractivity contribution in [3.63, 3.8) is 0 Å². The first-order valence-electron chi connectivity index (χ1n) is 18.4. The van der Waals surface area contributed by atoms with E-state index in [1.165, 1.54) is 66.4 Å². The van der Waals surface area contributed by atoms with Crippen molar-refractivity contribution in [3.05, 3.63) is 150 Å². The highest BCUT2D eigenvalue weighted by Crippen LogP contribution is 2.47. The Hall–Kier alpha value is -4.72. The summed E-state index contributed by atoms with van der Waals surface area (Å²) in [7, 11) is 3.42. The number of unbranched alkanes of at least 4 members (excludes halogenated alkanes) is 1. The van der Waals surface area contributed by atoms with Crippen molar-refractivity contribution in [1.82, 2.24) is 0 Å². The fourth-order valence-electron chi connectivity index (χ4n) is 7.47. The summed E-state index contributed by atoms with van der Waals surface area (Å²) in [4.78, 5) is 3.58. The van der Waals surface area contributed by atoms with E-state index in [-0.39, 0.29) is 0 Å². The minimum atomic E-state index is -0.913. The van der Waals surface area contributed by atoms with Crippen molar-refractivity contribution in [2.75, 3.05) is 25.7 Å². The van der Waals surface area contributed by atoms with Crippen molar-refractivity contribution in [1.29, 1.82) is 0 Å². The number of rotatable bonds is 12. The third-order valence-corrected chi connectivity index (χ3v) is 12.3. The van der Waals surface area contributed by atoms with Gasteiger partial charge in [0.2, 0.25) is 5.52 Å². The van der Waals surface area contributed by atoms with Gasteiger partial charge >= 0.3 is 0 Å². The van der Waals surface area contributed by atoms with Crippen molar-refractivity contribution in [2.24, 2.45) is 0 Å². The zero-order valence-corrected chi connectivity index (χ0v) is 32.6. The van der Waals surface area contributed by atoms with Crippen LogP contribution in [-0.4, -0.2) is 26.9 Å². The Morgan fingerprint density at radius 1 is 0.712 bits per heavy atom. The molecule has 0 saturated heterocycles. The SMILES string of the molecule is CCCC[B-](c1ccccc1)(c1ccccc1)c1ccccc1.CCN1/C(=C/C=C/c2sc3cc(OC)ccc3[n+]2CC)Sc2cc(OC)ccc21. The predicted octanol–water partition coefficient (Wildman–Crippen LogP) is 9.67. The van der Waals surface area contributed by atoms with Gasteiger partial charge in [0.05, 0.1) is 31.1 Å². The van der Waals surface area contributed by atoms with Crippen molar-refractivity contribution in [3.8, 4) is 11.5 Å². The third-order valence-electron chi connectivity index (χ3n) is 10.1. The topological polar surface area (TPSA) is 25.6 Å². The molecule has 7 rings (SSSR count). The minimum Gasteiger partial charge on any atom is -0.497 e. The number of allylic oxidation sites excluding steroid dienone is 2. The molecule has 0 saturated carbocycles. The molecule has 7 heteroatoms. The smallest absolute Gasteiger partial charge is 0.262 e. The molecule has 0 amide bonds. The standard InChI is InChI=1S/C23H25N2O2S2.C22H24B/c1-5-24-18-12-10-16(26-3)14-20(18)28-22(24)8-7-9-23-25(6-2)19-13-11-17(27-4)15-21(19)29-23;1-2-3-19-23(20-13-7-4-8-14-20,21-15-9-5-10-16-21)22-17-11-6-12-18-22/h7-15H,5-6H2,1-4H3;4-18H,2-3,19H2,1H3/q+1;-1. The minimum absolute atomic E-state index is 0.897. The maximum absolute atomic E-state index is 5.38. The summed E-state index contributed by atoms with van der Waals surface area (Å²) in [5, 5.41) is 2.47. The van der Waals surface area contributed by atoms with Gasteiger partial charge in [-0.15, -0.1) is 0 Å². The number of thioether (sulfide) groups is 1. The van der Waals surface area contributed by atoms with E-state index in [0.29, 0.717) is 0 Å². The molecule has 4 nitrogen and oxygen atoms in total. The number of anilines is 1. The molecule has 0 radical (unpaired) electrons. The van der Waals surface area contributed by atoms with Gasteiger partial charge in [-0.05, 0) is 44.2 Å². The van der Waals surface area contributed by atoms with Crippen LogP contribution in [0.1, 0.15) is 38.6 Å². The van der Waals surface area contributed by atoms with Crippen LogP contribution in [0.15, 0.2) is 149 Å². The van der Waals surface area contributed by atoms with Crippen molar-refractivity contribution < 1.29 is 14.0 Å². The lowest BCUT2D eigenvalue weighted by Crippen LogP contribution is -2.66. The van der Waals surface area contributed by atoms with Gasteiger partial charge in [0, 0.05) is 29.6 Å². The molecular formula is C45H49BN2O2S2. The van der Waals surface area contributed by atoms with Crippen LogP contribution in [0.5, 0.6) is 11.5 Å². The predicted molar refractivity (Wildman–Crippen MR) is 227 cm³/mol. The van der Waals surface area contributed by atoms with Gasteiger partial charge in [-0.3, -0.25) is 0 Å². The summed E-state index contributed by atoms with van der Waals surface area (Å²) in [5.74, 6) is 1.79. The maximum Gasteiger partial charge on any atom is 0.262 e. The number of fused-ring (bicyclic) bond motifs is 2. The van der Waals surface area contributed by atoms with Gasteiger partial charge in [0.1, 0.15) is 22.7 Å². The molecule has 0 atom stereocenters. The Morgan fingerprint density at radius 2 is 1.29 bits per heavy atom. The average Bonchev–Trinajstić information content (AvgIpc) is 3.75. The Bertz CT molecular complexity index is 2020. The lowest BCUT2D eigenvalue weighted by molar-refractivity contribution is -0.665. The highest BCUT2D eigenvalue weighted by molar-refractivity contribution is 8.03. The van der Waals surface area contributed by atoms with Crippen LogP contribution in [0.3, 0.4) is 0 Å². The second kappa shape index (κ2) is 17.7. The van der Waals surface area contributed by atoms with Gasteiger partial charge < -0.3 is 14.4 Å². The van der Waals surface area contributed by atoms with Gasteiger partial charge in [0.15, 0.2) is 0 Å². The van der Waals surface area contributed by atoms with Crippen LogP contribution in [0.25, 0.3) is 16.3 Å². The lowest BCUT2D eigenvalue weighted by atomic mass is 9.14. The number of hydrogen-bond acceptors (Lipinski definition) is 5. The van der Waals surface area contributed by atoms with Gasteiger partial charge in [-0.2, -0.15) is 27.3 Å². The summed E-state index contributed by atoms with van der Waals surface area (Å²) in [6.45, 7) is 8.51. The molecule has 1 aliphatic heterocycles. The van der Waals surface area contributed by atoms with E-state index in [4.69, 9.17) is 9.47 Å². The number of benzene rings is 5. The maximum atomic E-state index is 5.38. The Morgan fingerprint density at radius 3 is 1.83 bits per heavy atom. The Labute approximate surface area is 318 Å². The molecule has 266 valence electrons. The summed E-state index contributed by atoms with van der Waals surface area (Å²) in [6, 6.07) is 45.7. The molecule has 0 fully saturated rings. The van der Waals surface area contributed by atoms with Gasteiger partial charge in [-0.25, -0.2) is 0 Å². The highest BCUT2D eigenvalue weighted by Gasteiger charge is 2.29. The van der Waals surface area contributed by atoms with E-state index in [2.05, 4.69) is 164 Å². The van der Waals surface area contributed by atoms with E-state index in [1.807, 2.05) is 12.1 Å². The zero-order valence-electron chi connectivity index (χ0n) is 31.0. The molecule has 0 aliphatic carbocycles. The number of methoxy groups -OCH3 is 2. The zero-order chi connectivity index (χ0) is 36.3. The summed E-state index contributed by atoms with van der Waals surface area (Å²) < 4.78 is 14.3. The van der Waals surface area contributed by atoms with Crippen LogP contribution in [-0.2, 0) is 6.54 Å². The summed E-state index contributed by atoms with van der Waals surface area (Å²) in [6.07, 6.45) is 9.28. The normalized spacial score (nSPS) is 13.3. The average molecular weight is 725 g/mol. The van der Waals surface area contributed by atoms with Crippen LogP contribution < -0.4 is 35.3 Å². The molecule has 0 bridgehead atoms. The van der Waals surface area contributed by atoms with Crippen LogP contribution in [0, 0.1) is 0 Å². The fraction of sp³-hybridized carbons (Fsp3) is 0.222. The number of ether oxygens (including phenoxy) is 2. The largest absolute Gasteiger partial charge is 0.497 e. The molecule has 52 heavy (non-hydrogen) atoms. The summed E-state index contributed by atoms with van der Waals surface area (Å²) in [5.41, 5.74) is 6.82. The Kier molecular flexibility index (Phi) is 12.6. The van der Waals surface area contributed by atoms with E-state index in [1.54, 1.807) is 37.3 Å². The summed E-state index contributed by atoms with van der Waals surface area (Å²) >= 11 is 3.58. The number of aromatic nitrogens is 1. The molecule has 5 aromatic carbocycles. The quantitative estimate of drug-likeness (QED) is 0.0928. The van der Waals surface area contributed by atoms with Gasteiger partial charge in [0.25, 0.3) is 5.01 Å². The van der Waals surface area contributed by atoms with Crippen LogP contribution in [0.2, 0.25) is 6.32 Å². The Balaban J connectivity index is 0.000000183. The first kappa shape index (κ1) is 37.1. The van der Waals surface area contributed by atoms with Gasteiger partial charge in [-0.1, -0.05) is 140 Å². The molecule has 1 aromatic heterocycles. The fourth-order valence-corrected chi connectivity index (χ4v) is 9.81. The molecule has 0 unspecified atom stereocenters. The van der Waals surface area contributed by atoms with Crippen LogP contribution in [0.4, 0.5) is 5.69 Å².